The highest BCUT2D eigenvalue weighted by Gasteiger charge is 2.26. The lowest BCUT2D eigenvalue weighted by Gasteiger charge is -2.19. The Hall–Kier alpha value is -0.0800. The summed E-state index contributed by atoms with van der Waals surface area (Å²) in [5.41, 5.74) is 0. The first-order chi connectivity index (χ1) is 4.25. The Morgan fingerprint density at radius 1 is 1.67 bits per heavy atom. The quantitative estimate of drug-likeness (QED) is 0.551. The third-order valence-electron chi connectivity index (χ3n) is 2.35. The maximum absolute atomic E-state index is 8.87. The van der Waals surface area contributed by atoms with Gasteiger partial charge in [-0.2, -0.15) is 0 Å². The Bertz CT molecular complexity index is 84.9. The van der Waals surface area contributed by atoms with E-state index in [0.29, 0.717) is 18.6 Å². The van der Waals surface area contributed by atoms with E-state index in [1.165, 1.54) is 6.42 Å². The van der Waals surface area contributed by atoms with Crippen LogP contribution in [0.1, 0.15) is 13.3 Å². The molecule has 1 saturated heterocycles. The Labute approximate surface area is 56.5 Å². The second-order valence-corrected chi connectivity index (χ2v) is 3.00. The van der Waals surface area contributed by atoms with E-state index in [1.54, 1.807) is 0 Å². The highest BCUT2D eigenvalue weighted by Crippen LogP contribution is 2.20. The van der Waals surface area contributed by atoms with Crippen LogP contribution in [0.5, 0.6) is 0 Å². The minimum absolute atomic E-state index is 0.317. The van der Waals surface area contributed by atoms with Crippen molar-refractivity contribution in [2.45, 2.75) is 19.4 Å². The summed E-state index contributed by atoms with van der Waals surface area (Å²) in [4.78, 5) is 2.23. The van der Waals surface area contributed by atoms with Gasteiger partial charge >= 0.3 is 0 Å². The number of aliphatic hydroxyl groups is 1. The van der Waals surface area contributed by atoms with E-state index in [0.717, 1.165) is 6.54 Å². The molecule has 0 aromatic rings. The molecule has 1 rings (SSSR count). The minimum atomic E-state index is 0.317. The van der Waals surface area contributed by atoms with Crippen LogP contribution in [0.25, 0.3) is 0 Å². The highest BCUT2D eigenvalue weighted by atomic mass is 16.3. The standard InChI is InChI=1S/C7H15NO/c1-6-3-4-8(2)7(6)5-9/h6-7,9H,3-5H2,1-2H3/t6-,7+/m0/s1. The largest absolute Gasteiger partial charge is 0.395 e. The lowest BCUT2D eigenvalue weighted by atomic mass is 10.0. The summed E-state index contributed by atoms with van der Waals surface area (Å²) in [7, 11) is 2.07. The van der Waals surface area contributed by atoms with Crippen LogP contribution >= 0.6 is 0 Å². The van der Waals surface area contributed by atoms with Crippen LogP contribution in [0.15, 0.2) is 0 Å². The third kappa shape index (κ3) is 1.25. The van der Waals surface area contributed by atoms with Crippen molar-refractivity contribution in [2.75, 3.05) is 20.2 Å². The number of likely N-dealkylation sites (N-methyl/N-ethyl adjacent to an activating group) is 1. The molecule has 0 unspecified atom stereocenters. The monoisotopic (exact) mass is 129 g/mol. The van der Waals surface area contributed by atoms with Gasteiger partial charge in [0.15, 0.2) is 0 Å². The van der Waals surface area contributed by atoms with Gasteiger partial charge < -0.3 is 10.0 Å². The van der Waals surface area contributed by atoms with Crippen molar-refractivity contribution in [3.63, 3.8) is 0 Å². The van der Waals surface area contributed by atoms with Crippen LogP contribution in [0, 0.1) is 5.92 Å². The Morgan fingerprint density at radius 2 is 2.33 bits per heavy atom. The third-order valence-corrected chi connectivity index (χ3v) is 2.35. The molecule has 9 heavy (non-hydrogen) atoms. The molecule has 0 amide bonds. The number of hydrogen-bond acceptors (Lipinski definition) is 2. The zero-order chi connectivity index (χ0) is 6.85. The van der Waals surface area contributed by atoms with Gasteiger partial charge in [0.1, 0.15) is 0 Å². The molecule has 1 N–H and O–H groups in total. The van der Waals surface area contributed by atoms with Crippen molar-refractivity contribution < 1.29 is 5.11 Å². The van der Waals surface area contributed by atoms with Crippen LogP contribution in [-0.2, 0) is 0 Å². The molecule has 1 heterocycles. The average molecular weight is 129 g/mol. The van der Waals surface area contributed by atoms with Crippen molar-refractivity contribution in [1.29, 1.82) is 0 Å². The van der Waals surface area contributed by atoms with Crippen molar-refractivity contribution >= 4 is 0 Å². The summed E-state index contributed by atoms with van der Waals surface area (Å²) in [5, 5.41) is 8.87. The number of hydrogen-bond donors (Lipinski definition) is 1. The molecule has 0 spiro atoms. The first-order valence-corrected chi connectivity index (χ1v) is 3.57. The first kappa shape index (κ1) is 7.03. The molecule has 2 nitrogen and oxygen atoms in total. The molecule has 0 radical (unpaired) electrons. The van der Waals surface area contributed by atoms with E-state index in [4.69, 9.17) is 5.11 Å². The number of likely N-dealkylation sites (tertiary alicyclic amines) is 1. The number of aliphatic hydroxyl groups excluding tert-OH is 1. The Kier molecular flexibility index (Phi) is 2.09. The summed E-state index contributed by atoms with van der Waals surface area (Å²) in [6.07, 6.45) is 1.24. The van der Waals surface area contributed by atoms with Gasteiger partial charge in [-0.15, -0.1) is 0 Å². The molecule has 0 saturated carbocycles. The maximum atomic E-state index is 8.87. The topological polar surface area (TPSA) is 23.5 Å². The second-order valence-electron chi connectivity index (χ2n) is 3.00. The molecule has 2 atom stereocenters. The first-order valence-electron chi connectivity index (χ1n) is 3.57. The smallest absolute Gasteiger partial charge is 0.0589 e. The second kappa shape index (κ2) is 2.67. The summed E-state index contributed by atoms with van der Waals surface area (Å²) in [6.45, 7) is 3.66. The van der Waals surface area contributed by atoms with Crippen molar-refractivity contribution in [3.8, 4) is 0 Å². The zero-order valence-electron chi connectivity index (χ0n) is 6.17. The molecule has 0 aromatic carbocycles. The van der Waals surface area contributed by atoms with E-state index in [2.05, 4.69) is 18.9 Å². The van der Waals surface area contributed by atoms with E-state index >= 15 is 0 Å². The van der Waals surface area contributed by atoms with Gasteiger partial charge in [-0.25, -0.2) is 0 Å². The van der Waals surface area contributed by atoms with Gasteiger partial charge in [0.25, 0.3) is 0 Å². The van der Waals surface area contributed by atoms with E-state index < -0.39 is 0 Å². The van der Waals surface area contributed by atoms with Crippen LogP contribution < -0.4 is 0 Å². The SMILES string of the molecule is C[C@H]1CCN(C)[C@@H]1CO. The van der Waals surface area contributed by atoms with E-state index in [1.807, 2.05) is 0 Å². The molecule has 1 fully saturated rings. The van der Waals surface area contributed by atoms with Crippen LogP contribution in [0.3, 0.4) is 0 Å². The molecule has 0 bridgehead atoms. The van der Waals surface area contributed by atoms with Gasteiger partial charge in [-0.3, -0.25) is 0 Å². The van der Waals surface area contributed by atoms with Gasteiger partial charge in [-0.05, 0) is 25.9 Å². The fraction of sp³-hybridized carbons (Fsp3) is 1.00. The summed E-state index contributed by atoms with van der Waals surface area (Å²) < 4.78 is 0. The normalized spacial score (nSPS) is 37.7. The molecule has 1 aliphatic rings. The van der Waals surface area contributed by atoms with Gasteiger partial charge in [0, 0.05) is 6.04 Å². The van der Waals surface area contributed by atoms with Crippen LogP contribution in [-0.4, -0.2) is 36.2 Å². The van der Waals surface area contributed by atoms with Crippen molar-refractivity contribution in [3.05, 3.63) is 0 Å². The molecular weight excluding hydrogens is 114 g/mol. The lowest BCUT2D eigenvalue weighted by Crippen LogP contribution is -2.31. The molecule has 2 heteroatoms. The van der Waals surface area contributed by atoms with Gasteiger partial charge in [-0.1, -0.05) is 6.92 Å². The highest BCUT2D eigenvalue weighted by molar-refractivity contribution is 4.81. The molecule has 0 aliphatic carbocycles. The summed E-state index contributed by atoms with van der Waals surface area (Å²) in [6, 6.07) is 0.421. The van der Waals surface area contributed by atoms with Crippen LogP contribution in [0.4, 0.5) is 0 Å². The Morgan fingerprint density at radius 3 is 2.56 bits per heavy atom. The fourth-order valence-corrected chi connectivity index (χ4v) is 1.52. The summed E-state index contributed by atoms with van der Waals surface area (Å²) >= 11 is 0. The predicted molar refractivity (Wildman–Crippen MR) is 37.3 cm³/mol. The number of nitrogens with zero attached hydrogens (tertiary/aromatic N) is 1. The molecule has 54 valence electrons. The molecule has 0 aromatic heterocycles. The lowest BCUT2D eigenvalue weighted by molar-refractivity contribution is 0.160. The van der Waals surface area contributed by atoms with E-state index in [9.17, 15) is 0 Å². The summed E-state index contributed by atoms with van der Waals surface area (Å²) in [5.74, 6) is 0.681. The molecule has 1 aliphatic heterocycles. The zero-order valence-corrected chi connectivity index (χ0v) is 6.17. The fourth-order valence-electron chi connectivity index (χ4n) is 1.52. The maximum Gasteiger partial charge on any atom is 0.0589 e. The van der Waals surface area contributed by atoms with Gasteiger partial charge in [0.05, 0.1) is 6.61 Å². The van der Waals surface area contributed by atoms with Crippen molar-refractivity contribution in [1.82, 2.24) is 4.90 Å². The number of rotatable bonds is 1. The van der Waals surface area contributed by atoms with Gasteiger partial charge in [0.2, 0.25) is 0 Å². The predicted octanol–water partition coefficient (Wildman–Crippen LogP) is 0.319. The van der Waals surface area contributed by atoms with Crippen LogP contribution in [0.2, 0.25) is 0 Å². The molecular formula is C7H15NO. The van der Waals surface area contributed by atoms with E-state index in [-0.39, 0.29) is 0 Å². The minimum Gasteiger partial charge on any atom is -0.395 e. The van der Waals surface area contributed by atoms with Crippen molar-refractivity contribution in [2.24, 2.45) is 5.92 Å². The average Bonchev–Trinajstić information content (AvgIpc) is 2.12. The Balaban J connectivity index is 2.44.